The summed E-state index contributed by atoms with van der Waals surface area (Å²) >= 11 is 0. The highest BCUT2D eigenvalue weighted by Crippen LogP contribution is 2.15. The van der Waals surface area contributed by atoms with Crippen molar-refractivity contribution in [3.63, 3.8) is 0 Å². The van der Waals surface area contributed by atoms with E-state index in [0.717, 1.165) is 11.1 Å². The van der Waals surface area contributed by atoms with Gasteiger partial charge in [0.2, 0.25) is 5.91 Å². The summed E-state index contributed by atoms with van der Waals surface area (Å²) in [7, 11) is 0. The molecule has 0 saturated heterocycles. The van der Waals surface area contributed by atoms with Gasteiger partial charge in [0, 0.05) is 18.2 Å². The number of furan rings is 1. The van der Waals surface area contributed by atoms with E-state index in [1.807, 2.05) is 32.9 Å². The van der Waals surface area contributed by atoms with Crippen molar-refractivity contribution >= 4 is 11.8 Å². The molecule has 0 bridgehead atoms. The van der Waals surface area contributed by atoms with Crippen molar-refractivity contribution in [3.8, 4) is 0 Å². The SMILES string of the molecule is Cc1ccc(C(=O)N(CC(=O)N(Cc2ccc(F)cc2)Cc2ccco2)C(C)C)cc1. The van der Waals surface area contributed by atoms with E-state index in [0.29, 0.717) is 11.3 Å². The maximum atomic E-state index is 13.3. The van der Waals surface area contributed by atoms with Crippen molar-refractivity contribution in [2.24, 2.45) is 0 Å². The fraction of sp³-hybridized carbons (Fsp3) is 0.280. The molecule has 0 radical (unpaired) electrons. The van der Waals surface area contributed by atoms with Gasteiger partial charge in [0.05, 0.1) is 12.8 Å². The normalized spacial score (nSPS) is 10.9. The summed E-state index contributed by atoms with van der Waals surface area (Å²) in [5.41, 5.74) is 2.40. The average Bonchev–Trinajstić information content (AvgIpc) is 3.26. The zero-order valence-corrected chi connectivity index (χ0v) is 18.0. The Morgan fingerprint density at radius 2 is 1.65 bits per heavy atom. The maximum Gasteiger partial charge on any atom is 0.254 e. The topological polar surface area (TPSA) is 53.8 Å². The first-order chi connectivity index (χ1) is 14.8. The summed E-state index contributed by atoms with van der Waals surface area (Å²) in [5, 5.41) is 0. The highest BCUT2D eigenvalue weighted by atomic mass is 19.1. The lowest BCUT2D eigenvalue weighted by molar-refractivity contribution is -0.133. The van der Waals surface area contributed by atoms with Crippen LogP contribution in [0.25, 0.3) is 0 Å². The first-order valence-corrected chi connectivity index (χ1v) is 10.3. The molecule has 0 saturated carbocycles. The molecule has 6 heteroatoms. The smallest absolute Gasteiger partial charge is 0.254 e. The van der Waals surface area contributed by atoms with Crippen molar-refractivity contribution in [1.82, 2.24) is 9.80 Å². The van der Waals surface area contributed by atoms with Crippen LogP contribution in [0, 0.1) is 12.7 Å². The number of amides is 2. The first-order valence-electron chi connectivity index (χ1n) is 10.3. The molecule has 0 spiro atoms. The molecule has 0 fully saturated rings. The molecular formula is C25H27FN2O3. The van der Waals surface area contributed by atoms with Crippen LogP contribution in [0.15, 0.2) is 71.3 Å². The Bertz CT molecular complexity index is 996. The number of nitrogens with zero attached hydrogens (tertiary/aromatic N) is 2. The first kappa shape index (κ1) is 22.3. The second-order valence-corrected chi connectivity index (χ2v) is 7.85. The van der Waals surface area contributed by atoms with E-state index in [1.165, 1.54) is 12.1 Å². The Hall–Kier alpha value is -3.41. The monoisotopic (exact) mass is 422 g/mol. The van der Waals surface area contributed by atoms with Gasteiger partial charge in [-0.25, -0.2) is 4.39 Å². The van der Waals surface area contributed by atoms with Crippen LogP contribution in [0.5, 0.6) is 0 Å². The highest BCUT2D eigenvalue weighted by molar-refractivity contribution is 5.96. The molecule has 0 unspecified atom stereocenters. The van der Waals surface area contributed by atoms with Crippen LogP contribution >= 0.6 is 0 Å². The number of hydrogen-bond donors (Lipinski definition) is 0. The number of carbonyl (C=O) groups excluding carboxylic acids is 2. The molecule has 2 aromatic carbocycles. The summed E-state index contributed by atoms with van der Waals surface area (Å²) in [6, 6.07) is 16.7. The molecule has 0 aliphatic carbocycles. The fourth-order valence-electron chi connectivity index (χ4n) is 3.23. The van der Waals surface area contributed by atoms with E-state index in [-0.39, 0.29) is 43.3 Å². The highest BCUT2D eigenvalue weighted by Gasteiger charge is 2.25. The summed E-state index contributed by atoms with van der Waals surface area (Å²) in [6.45, 7) is 6.21. The molecule has 3 aromatic rings. The third kappa shape index (κ3) is 6.04. The van der Waals surface area contributed by atoms with Gasteiger partial charge >= 0.3 is 0 Å². The molecular weight excluding hydrogens is 395 g/mol. The van der Waals surface area contributed by atoms with Crippen molar-refractivity contribution in [1.29, 1.82) is 0 Å². The predicted octanol–water partition coefficient (Wildman–Crippen LogP) is 4.81. The standard InChI is InChI=1S/C25H27FN2O3/c1-18(2)28(25(30)21-10-6-19(3)7-11-21)17-24(29)27(16-23-5-4-14-31-23)15-20-8-12-22(26)13-9-20/h4-14,18H,15-17H2,1-3H3. The van der Waals surface area contributed by atoms with Gasteiger partial charge in [-0.15, -0.1) is 0 Å². The molecule has 5 nitrogen and oxygen atoms in total. The van der Waals surface area contributed by atoms with Gasteiger partial charge in [-0.2, -0.15) is 0 Å². The molecule has 0 N–H and O–H groups in total. The molecule has 3 rings (SSSR count). The Kier molecular flexibility index (Phi) is 7.23. The summed E-state index contributed by atoms with van der Waals surface area (Å²) in [4.78, 5) is 29.5. The van der Waals surface area contributed by atoms with Gasteiger partial charge in [0.25, 0.3) is 5.91 Å². The van der Waals surface area contributed by atoms with E-state index < -0.39 is 0 Å². The van der Waals surface area contributed by atoms with Crippen molar-refractivity contribution < 1.29 is 18.4 Å². The number of aryl methyl sites for hydroxylation is 1. The Morgan fingerprint density at radius 3 is 2.23 bits per heavy atom. The minimum Gasteiger partial charge on any atom is -0.467 e. The zero-order chi connectivity index (χ0) is 22.4. The molecule has 0 atom stereocenters. The summed E-state index contributed by atoms with van der Waals surface area (Å²) < 4.78 is 18.7. The van der Waals surface area contributed by atoms with Crippen LogP contribution in [0.2, 0.25) is 0 Å². The van der Waals surface area contributed by atoms with Crippen LogP contribution in [0.3, 0.4) is 0 Å². The van der Waals surface area contributed by atoms with E-state index >= 15 is 0 Å². The second kappa shape index (κ2) is 10.1. The summed E-state index contributed by atoms with van der Waals surface area (Å²) in [5.74, 6) is -0.100. The van der Waals surface area contributed by atoms with Gasteiger partial charge in [-0.1, -0.05) is 29.8 Å². The van der Waals surface area contributed by atoms with Gasteiger partial charge in [-0.05, 0) is 62.7 Å². The fourth-order valence-corrected chi connectivity index (χ4v) is 3.23. The van der Waals surface area contributed by atoms with Crippen LogP contribution in [-0.2, 0) is 17.9 Å². The van der Waals surface area contributed by atoms with Gasteiger partial charge < -0.3 is 14.2 Å². The molecule has 31 heavy (non-hydrogen) atoms. The minimum absolute atomic E-state index is 0.0632. The average molecular weight is 423 g/mol. The van der Waals surface area contributed by atoms with Crippen molar-refractivity contribution in [2.75, 3.05) is 6.54 Å². The van der Waals surface area contributed by atoms with Crippen LogP contribution in [-0.4, -0.2) is 34.2 Å². The minimum atomic E-state index is -0.331. The number of hydrogen-bond acceptors (Lipinski definition) is 3. The quantitative estimate of drug-likeness (QED) is 0.524. The van der Waals surface area contributed by atoms with E-state index in [9.17, 15) is 14.0 Å². The number of rotatable bonds is 8. The van der Waals surface area contributed by atoms with E-state index in [1.54, 1.807) is 52.5 Å². The third-order valence-corrected chi connectivity index (χ3v) is 5.05. The third-order valence-electron chi connectivity index (χ3n) is 5.05. The Balaban J connectivity index is 1.79. The van der Waals surface area contributed by atoms with Crippen LogP contribution in [0.4, 0.5) is 4.39 Å². The zero-order valence-electron chi connectivity index (χ0n) is 18.0. The molecule has 0 aliphatic rings. The van der Waals surface area contributed by atoms with Gasteiger partial charge in [0.1, 0.15) is 18.1 Å². The van der Waals surface area contributed by atoms with Crippen LogP contribution in [0.1, 0.15) is 41.1 Å². The van der Waals surface area contributed by atoms with E-state index in [4.69, 9.17) is 4.42 Å². The number of benzene rings is 2. The molecule has 162 valence electrons. The van der Waals surface area contributed by atoms with Crippen molar-refractivity contribution in [3.05, 3.63) is 95.2 Å². The van der Waals surface area contributed by atoms with Gasteiger partial charge in [-0.3, -0.25) is 9.59 Å². The molecule has 2 amide bonds. The molecule has 0 aliphatic heterocycles. The lowest BCUT2D eigenvalue weighted by Gasteiger charge is -2.30. The van der Waals surface area contributed by atoms with Gasteiger partial charge in [0.15, 0.2) is 0 Å². The molecule has 1 aromatic heterocycles. The maximum absolute atomic E-state index is 13.3. The predicted molar refractivity (Wildman–Crippen MR) is 117 cm³/mol. The number of carbonyl (C=O) groups is 2. The number of halogens is 1. The summed E-state index contributed by atoms with van der Waals surface area (Å²) in [6.07, 6.45) is 1.55. The lowest BCUT2D eigenvalue weighted by atomic mass is 10.1. The van der Waals surface area contributed by atoms with Crippen molar-refractivity contribution in [2.45, 2.75) is 39.9 Å². The van der Waals surface area contributed by atoms with E-state index in [2.05, 4.69) is 0 Å². The molecule has 1 heterocycles. The van der Waals surface area contributed by atoms with Crippen LogP contribution < -0.4 is 0 Å². The lowest BCUT2D eigenvalue weighted by Crippen LogP contribution is -2.45. The largest absolute Gasteiger partial charge is 0.467 e. The Morgan fingerprint density at radius 1 is 0.968 bits per heavy atom. The Labute approximate surface area is 182 Å². The second-order valence-electron chi connectivity index (χ2n) is 7.85.